The van der Waals surface area contributed by atoms with E-state index in [-0.39, 0.29) is 0 Å². The first-order valence-electron chi connectivity index (χ1n) is 13.1. The van der Waals surface area contributed by atoms with Crippen LogP contribution < -0.4 is 9.80 Å². The largest absolute Gasteiger partial charge is 0.416 e. The van der Waals surface area contributed by atoms with Gasteiger partial charge in [-0.1, -0.05) is 37.8 Å². The minimum Gasteiger partial charge on any atom is -0.340 e. The van der Waals surface area contributed by atoms with Crippen molar-refractivity contribution in [3.05, 3.63) is 46.5 Å². The SMILES string of the molecule is CC.CN(C)CC[NH+]1CCCN(CCCN2C3=CCCC=C3Sc3ccc(C(F)(F)F)cc32)CC1. The van der Waals surface area contributed by atoms with Gasteiger partial charge >= 0.3 is 6.18 Å². The van der Waals surface area contributed by atoms with E-state index in [0.717, 1.165) is 62.6 Å². The molecule has 1 aromatic carbocycles. The molecule has 1 N–H and O–H groups in total. The van der Waals surface area contributed by atoms with Crippen molar-refractivity contribution in [1.82, 2.24) is 9.80 Å². The summed E-state index contributed by atoms with van der Waals surface area (Å²) in [4.78, 5) is 10.7. The Morgan fingerprint density at radius 2 is 1.80 bits per heavy atom. The highest BCUT2D eigenvalue weighted by Crippen LogP contribution is 2.49. The van der Waals surface area contributed by atoms with E-state index in [1.807, 2.05) is 13.8 Å². The van der Waals surface area contributed by atoms with Crippen LogP contribution in [0.15, 0.2) is 45.8 Å². The number of fused-ring (bicyclic) bond motifs is 2. The van der Waals surface area contributed by atoms with Crippen molar-refractivity contribution in [2.75, 3.05) is 71.4 Å². The summed E-state index contributed by atoms with van der Waals surface area (Å²) in [7, 11) is 4.25. The molecule has 35 heavy (non-hydrogen) atoms. The number of quaternary nitrogens is 1. The Balaban J connectivity index is 0.00000167. The van der Waals surface area contributed by atoms with Crippen LogP contribution in [0.2, 0.25) is 0 Å². The Morgan fingerprint density at radius 1 is 1.03 bits per heavy atom. The van der Waals surface area contributed by atoms with Crippen molar-refractivity contribution >= 4 is 17.4 Å². The van der Waals surface area contributed by atoms with Crippen LogP contribution in [0.25, 0.3) is 0 Å². The number of thioether (sulfide) groups is 1. The zero-order valence-electron chi connectivity index (χ0n) is 21.8. The van der Waals surface area contributed by atoms with Crippen LogP contribution in [0.3, 0.4) is 0 Å². The second kappa shape index (κ2) is 13.2. The molecule has 1 saturated heterocycles. The molecule has 4 rings (SSSR count). The van der Waals surface area contributed by atoms with Gasteiger partial charge in [0.15, 0.2) is 0 Å². The van der Waals surface area contributed by atoms with Crippen LogP contribution in [0, 0.1) is 0 Å². The van der Waals surface area contributed by atoms with Crippen LogP contribution in [0.1, 0.15) is 45.1 Å². The number of hydrogen-bond acceptors (Lipinski definition) is 4. The lowest BCUT2D eigenvalue weighted by Gasteiger charge is -2.37. The maximum Gasteiger partial charge on any atom is 0.416 e. The molecule has 1 unspecified atom stereocenters. The van der Waals surface area contributed by atoms with Crippen molar-refractivity contribution in [3.8, 4) is 0 Å². The molecule has 1 atom stereocenters. The first-order valence-corrected chi connectivity index (χ1v) is 13.9. The summed E-state index contributed by atoms with van der Waals surface area (Å²) >= 11 is 1.60. The monoisotopic (exact) mass is 511 g/mol. The maximum atomic E-state index is 13.4. The maximum absolute atomic E-state index is 13.4. The Labute approximate surface area is 213 Å². The summed E-state index contributed by atoms with van der Waals surface area (Å²) in [5.41, 5.74) is 1.23. The number of halogens is 3. The van der Waals surface area contributed by atoms with Gasteiger partial charge in [-0.05, 0) is 51.6 Å². The highest BCUT2D eigenvalue weighted by molar-refractivity contribution is 8.03. The van der Waals surface area contributed by atoms with Crippen LogP contribution in [-0.2, 0) is 6.18 Å². The Morgan fingerprint density at radius 3 is 2.54 bits per heavy atom. The highest BCUT2D eigenvalue weighted by Gasteiger charge is 2.34. The van der Waals surface area contributed by atoms with Gasteiger partial charge in [-0.3, -0.25) is 4.90 Å². The first-order chi connectivity index (χ1) is 16.8. The Hall–Kier alpha value is -1.48. The predicted octanol–water partition coefficient (Wildman–Crippen LogP) is 4.75. The lowest BCUT2D eigenvalue weighted by Crippen LogP contribution is -3.13. The number of benzene rings is 1. The van der Waals surface area contributed by atoms with Gasteiger partial charge in [0.25, 0.3) is 0 Å². The van der Waals surface area contributed by atoms with Crippen LogP contribution in [0.5, 0.6) is 0 Å². The number of hydrogen-bond donors (Lipinski definition) is 1. The summed E-state index contributed by atoms with van der Waals surface area (Å²) in [6.07, 6.45) is 4.20. The third kappa shape index (κ3) is 7.75. The minimum absolute atomic E-state index is 0.566. The Bertz CT molecular complexity index is 882. The van der Waals surface area contributed by atoms with Crippen molar-refractivity contribution in [2.45, 2.75) is 50.6 Å². The summed E-state index contributed by atoms with van der Waals surface area (Å²) in [5, 5.41) is 0. The van der Waals surface area contributed by atoms with E-state index in [4.69, 9.17) is 0 Å². The molecule has 8 heteroatoms. The van der Waals surface area contributed by atoms with Crippen LogP contribution in [-0.4, -0.2) is 76.3 Å². The van der Waals surface area contributed by atoms with Crippen molar-refractivity contribution in [3.63, 3.8) is 0 Å². The molecule has 2 heterocycles. The van der Waals surface area contributed by atoms with E-state index in [0.29, 0.717) is 5.69 Å². The van der Waals surface area contributed by atoms with Crippen molar-refractivity contribution in [1.29, 1.82) is 0 Å². The van der Waals surface area contributed by atoms with Crippen molar-refractivity contribution < 1.29 is 18.1 Å². The van der Waals surface area contributed by atoms with E-state index in [1.165, 1.54) is 43.1 Å². The molecule has 0 spiro atoms. The van der Waals surface area contributed by atoms with E-state index in [1.54, 1.807) is 22.7 Å². The molecule has 0 saturated carbocycles. The quantitative estimate of drug-likeness (QED) is 0.568. The number of nitrogens with one attached hydrogen (secondary N) is 1. The van der Waals surface area contributed by atoms with Crippen LogP contribution >= 0.6 is 11.8 Å². The molecule has 0 bridgehead atoms. The third-order valence-corrected chi connectivity index (χ3v) is 7.89. The van der Waals surface area contributed by atoms with Gasteiger partial charge in [0.2, 0.25) is 0 Å². The zero-order valence-corrected chi connectivity index (χ0v) is 22.6. The van der Waals surface area contributed by atoms with E-state index < -0.39 is 11.7 Å². The summed E-state index contributed by atoms with van der Waals surface area (Å²) in [6, 6.07) is 4.19. The fourth-order valence-corrected chi connectivity index (χ4v) is 6.02. The lowest BCUT2D eigenvalue weighted by molar-refractivity contribution is -0.897. The van der Waals surface area contributed by atoms with Gasteiger partial charge in [0, 0.05) is 48.9 Å². The molecule has 196 valence electrons. The fraction of sp³-hybridized carbons (Fsp3) is 0.630. The Kier molecular flexibility index (Phi) is 10.6. The minimum atomic E-state index is -4.32. The molecule has 4 nitrogen and oxygen atoms in total. The lowest BCUT2D eigenvalue weighted by atomic mass is 10.1. The topological polar surface area (TPSA) is 14.2 Å². The number of alkyl halides is 3. The normalized spacial score (nSPS) is 20.8. The van der Waals surface area contributed by atoms with Gasteiger partial charge in [-0.15, -0.1) is 0 Å². The smallest absolute Gasteiger partial charge is 0.340 e. The first kappa shape index (κ1) is 28.1. The van der Waals surface area contributed by atoms with Gasteiger partial charge in [0.1, 0.15) is 0 Å². The highest BCUT2D eigenvalue weighted by atomic mass is 32.2. The number of nitrogens with zero attached hydrogens (tertiary/aromatic N) is 3. The summed E-state index contributed by atoms with van der Waals surface area (Å²) in [6.45, 7) is 12.6. The summed E-state index contributed by atoms with van der Waals surface area (Å²) in [5.74, 6) is 0. The number of anilines is 1. The van der Waals surface area contributed by atoms with Crippen molar-refractivity contribution in [2.24, 2.45) is 0 Å². The fourth-order valence-electron chi connectivity index (χ4n) is 4.87. The molecular formula is C27H42F3N4S+. The standard InChI is InChI=1S/C25H35F3N4S.C2H6/c1-29(2)15-16-31-12-5-11-30(17-18-31)13-6-14-32-21-7-3-4-8-23(21)33-24-10-9-20(19-22(24)32)25(26,27)28;1-2/h7-10,19H,3-6,11-18H2,1-2H3;1-2H3/p+1. The van der Waals surface area contributed by atoms with Gasteiger partial charge in [-0.25, -0.2) is 0 Å². The molecule has 1 fully saturated rings. The third-order valence-electron chi connectivity index (χ3n) is 6.73. The van der Waals surface area contributed by atoms with Gasteiger partial charge < -0.3 is 14.7 Å². The van der Waals surface area contributed by atoms with E-state index in [9.17, 15) is 13.2 Å². The molecule has 2 aliphatic heterocycles. The summed E-state index contributed by atoms with van der Waals surface area (Å²) < 4.78 is 40.3. The molecule has 0 radical (unpaired) electrons. The molecule has 1 aromatic rings. The van der Waals surface area contributed by atoms with Gasteiger partial charge in [-0.2, -0.15) is 13.2 Å². The second-order valence-electron chi connectivity index (χ2n) is 9.52. The molecular weight excluding hydrogens is 469 g/mol. The molecule has 0 aromatic heterocycles. The molecule has 1 aliphatic carbocycles. The number of likely N-dealkylation sites (N-methyl/N-ethyl adjacent to an activating group) is 1. The zero-order chi connectivity index (χ0) is 25.4. The average molecular weight is 512 g/mol. The van der Waals surface area contributed by atoms with E-state index >= 15 is 0 Å². The second-order valence-corrected chi connectivity index (χ2v) is 10.6. The average Bonchev–Trinajstić information content (AvgIpc) is 3.08. The van der Waals surface area contributed by atoms with E-state index in [2.05, 4.69) is 40.9 Å². The van der Waals surface area contributed by atoms with Crippen LogP contribution in [0.4, 0.5) is 18.9 Å². The molecule has 0 amide bonds. The number of rotatable bonds is 7. The number of allylic oxidation sites excluding steroid dienone is 2. The van der Waals surface area contributed by atoms with Gasteiger partial charge in [0.05, 0.1) is 36.6 Å². The predicted molar refractivity (Wildman–Crippen MR) is 141 cm³/mol. The molecule has 3 aliphatic rings.